The number of aromatic nitrogens is 1. The van der Waals surface area contributed by atoms with E-state index in [2.05, 4.69) is 20.9 Å². The highest BCUT2D eigenvalue weighted by atomic mass is 32.1. The van der Waals surface area contributed by atoms with Crippen LogP contribution in [0.25, 0.3) is 0 Å². The molecule has 1 heterocycles. The molecule has 0 atom stereocenters. The van der Waals surface area contributed by atoms with E-state index in [0.717, 1.165) is 18.0 Å². The van der Waals surface area contributed by atoms with Crippen molar-refractivity contribution < 1.29 is 14.3 Å². The molecule has 0 radical (unpaired) electrons. The number of thiazole rings is 1. The van der Waals surface area contributed by atoms with Crippen LogP contribution in [-0.4, -0.2) is 51.4 Å². The fourth-order valence-corrected chi connectivity index (χ4v) is 2.60. The Kier molecular flexibility index (Phi) is 7.47. The summed E-state index contributed by atoms with van der Waals surface area (Å²) in [4.78, 5) is 16.3. The van der Waals surface area contributed by atoms with Gasteiger partial charge in [0.15, 0.2) is 5.13 Å². The minimum absolute atomic E-state index is 0.178. The molecule has 2 rings (SSSR count). The van der Waals surface area contributed by atoms with Crippen molar-refractivity contribution in [3.63, 3.8) is 0 Å². The van der Waals surface area contributed by atoms with Crippen molar-refractivity contribution in [2.75, 3.05) is 45.8 Å². The largest absolute Gasteiger partial charge is 0.497 e. The highest BCUT2D eigenvalue weighted by Crippen LogP contribution is 2.22. The van der Waals surface area contributed by atoms with Crippen molar-refractivity contribution in [3.05, 3.63) is 35.3 Å². The molecule has 24 heavy (non-hydrogen) atoms. The average molecular weight is 350 g/mol. The number of amides is 1. The zero-order chi connectivity index (χ0) is 17.2. The first kappa shape index (κ1) is 18.2. The molecule has 0 spiro atoms. The Labute approximate surface area is 145 Å². The lowest BCUT2D eigenvalue weighted by atomic mass is 10.3. The molecule has 130 valence electrons. The molecular weight excluding hydrogens is 328 g/mol. The lowest BCUT2D eigenvalue weighted by molar-refractivity contribution is 0.0949. The lowest BCUT2D eigenvalue weighted by Crippen LogP contribution is -2.33. The Morgan fingerprint density at radius 2 is 1.96 bits per heavy atom. The van der Waals surface area contributed by atoms with Gasteiger partial charge in [0.25, 0.3) is 5.91 Å². The molecule has 1 amide bonds. The quantitative estimate of drug-likeness (QED) is 0.567. The number of benzene rings is 1. The molecule has 1 aromatic carbocycles. The predicted octanol–water partition coefficient (Wildman–Crippen LogP) is 1.86. The third kappa shape index (κ3) is 5.80. The smallest absolute Gasteiger partial charge is 0.270 e. The fourth-order valence-electron chi connectivity index (χ4n) is 1.89. The molecule has 0 aliphatic rings. The molecule has 2 aromatic rings. The summed E-state index contributed by atoms with van der Waals surface area (Å²) in [5.41, 5.74) is 1.30. The predicted molar refractivity (Wildman–Crippen MR) is 95.5 cm³/mol. The average Bonchev–Trinajstić information content (AvgIpc) is 3.07. The van der Waals surface area contributed by atoms with Crippen molar-refractivity contribution >= 4 is 28.1 Å². The van der Waals surface area contributed by atoms with Crippen LogP contribution in [0, 0.1) is 0 Å². The Morgan fingerprint density at radius 1 is 1.17 bits per heavy atom. The molecule has 3 N–H and O–H groups in total. The van der Waals surface area contributed by atoms with E-state index in [1.165, 1.54) is 11.3 Å². The number of nitrogens with zero attached hydrogens (tertiary/aromatic N) is 1. The van der Waals surface area contributed by atoms with Crippen LogP contribution in [0.1, 0.15) is 10.5 Å². The van der Waals surface area contributed by atoms with Crippen molar-refractivity contribution in [1.82, 2.24) is 15.6 Å². The van der Waals surface area contributed by atoms with Gasteiger partial charge in [-0.3, -0.25) is 4.79 Å². The van der Waals surface area contributed by atoms with Gasteiger partial charge in [0.2, 0.25) is 0 Å². The molecule has 0 aliphatic carbocycles. The number of anilines is 2. The first-order valence-electron chi connectivity index (χ1n) is 7.57. The minimum atomic E-state index is -0.178. The molecule has 0 unspecified atom stereocenters. The zero-order valence-corrected chi connectivity index (χ0v) is 14.6. The monoisotopic (exact) mass is 350 g/mol. The van der Waals surface area contributed by atoms with Crippen LogP contribution in [0.5, 0.6) is 5.75 Å². The normalized spacial score (nSPS) is 10.4. The molecular formula is C16H22N4O3S. The number of carbonyl (C=O) groups is 1. The van der Waals surface area contributed by atoms with Crippen molar-refractivity contribution in [3.8, 4) is 5.75 Å². The van der Waals surface area contributed by atoms with E-state index < -0.39 is 0 Å². The second-order valence-corrected chi connectivity index (χ2v) is 5.75. The Balaban J connectivity index is 1.78. The second-order valence-electron chi connectivity index (χ2n) is 4.89. The van der Waals surface area contributed by atoms with Gasteiger partial charge in [-0.25, -0.2) is 4.98 Å². The van der Waals surface area contributed by atoms with Crippen LogP contribution in [0.4, 0.5) is 10.8 Å². The molecule has 0 saturated carbocycles. The molecule has 0 saturated heterocycles. The van der Waals surface area contributed by atoms with E-state index in [9.17, 15) is 4.79 Å². The summed E-state index contributed by atoms with van der Waals surface area (Å²) in [6, 6.07) is 7.51. The van der Waals surface area contributed by atoms with Gasteiger partial charge in [-0.1, -0.05) is 0 Å². The van der Waals surface area contributed by atoms with Crippen molar-refractivity contribution in [2.24, 2.45) is 0 Å². The summed E-state index contributed by atoms with van der Waals surface area (Å²) < 4.78 is 10.0. The summed E-state index contributed by atoms with van der Waals surface area (Å²) in [6.45, 7) is 2.65. The van der Waals surface area contributed by atoms with E-state index in [1.807, 2.05) is 24.3 Å². The first-order valence-corrected chi connectivity index (χ1v) is 8.45. The SMILES string of the molecule is COCCNCCNC(=O)c1csc(Nc2ccc(OC)cc2)n1. The maximum atomic E-state index is 12.0. The van der Waals surface area contributed by atoms with Gasteiger partial charge in [0.1, 0.15) is 11.4 Å². The van der Waals surface area contributed by atoms with Gasteiger partial charge < -0.3 is 25.4 Å². The van der Waals surface area contributed by atoms with Crippen LogP contribution >= 0.6 is 11.3 Å². The van der Waals surface area contributed by atoms with Gasteiger partial charge in [-0.05, 0) is 24.3 Å². The van der Waals surface area contributed by atoms with Gasteiger partial charge >= 0.3 is 0 Å². The second kappa shape index (κ2) is 9.86. The highest BCUT2D eigenvalue weighted by Gasteiger charge is 2.10. The number of ether oxygens (including phenoxy) is 2. The van der Waals surface area contributed by atoms with E-state index >= 15 is 0 Å². The van der Waals surface area contributed by atoms with Crippen LogP contribution in [0.3, 0.4) is 0 Å². The van der Waals surface area contributed by atoms with Crippen LogP contribution in [0.15, 0.2) is 29.6 Å². The summed E-state index contributed by atoms with van der Waals surface area (Å²) in [5, 5.41) is 11.6. The highest BCUT2D eigenvalue weighted by molar-refractivity contribution is 7.14. The number of nitrogens with one attached hydrogen (secondary N) is 3. The summed E-state index contributed by atoms with van der Waals surface area (Å²) in [7, 11) is 3.28. The Morgan fingerprint density at radius 3 is 2.67 bits per heavy atom. The van der Waals surface area contributed by atoms with Gasteiger partial charge in [-0.2, -0.15) is 0 Å². The molecule has 1 aromatic heterocycles. The number of hydrogen-bond donors (Lipinski definition) is 3. The van der Waals surface area contributed by atoms with Gasteiger partial charge in [0, 0.05) is 37.8 Å². The van der Waals surface area contributed by atoms with E-state index in [4.69, 9.17) is 9.47 Å². The van der Waals surface area contributed by atoms with Crippen molar-refractivity contribution in [2.45, 2.75) is 0 Å². The topological polar surface area (TPSA) is 84.5 Å². The van der Waals surface area contributed by atoms with E-state index in [0.29, 0.717) is 30.5 Å². The Bertz CT molecular complexity index is 631. The molecule has 0 fully saturated rings. The maximum Gasteiger partial charge on any atom is 0.270 e. The molecule has 0 bridgehead atoms. The Hall–Kier alpha value is -2.16. The van der Waals surface area contributed by atoms with Gasteiger partial charge in [-0.15, -0.1) is 11.3 Å². The number of methoxy groups -OCH3 is 2. The van der Waals surface area contributed by atoms with E-state index in [-0.39, 0.29) is 5.91 Å². The third-order valence-corrected chi connectivity index (χ3v) is 3.91. The summed E-state index contributed by atoms with van der Waals surface area (Å²) in [6.07, 6.45) is 0. The third-order valence-electron chi connectivity index (χ3n) is 3.15. The number of rotatable bonds is 10. The minimum Gasteiger partial charge on any atom is -0.497 e. The van der Waals surface area contributed by atoms with E-state index in [1.54, 1.807) is 19.6 Å². The molecule has 0 aliphatic heterocycles. The molecule has 8 heteroatoms. The zero-order valence-electron chi connectivity index (χ0n) is 13.8. The van der Waals surface area contributed by atoms with Crippen molar-refractivity contribution in [1.29, 1.82) is 0 Å². The van der Waals surface area contributed by atoms with Crippen LogP contribution < -0.4 is 20.7 Å². The summed E-state index contributed by atoms with van der Waals surface area (Å²) >= 11 is 1.39. The fraction of sp³-hybridized carbons (Fsp3) is 0.375. The lowest BCUT2D eigenvalue weighted by Gasteiger charge is -2.05. The standard InChI is InChI=1S/C16H22N4O3S/c1-22-10-9-17-7-8-18-15(21)14-11-24-16(20-14)19-12-3-5-13(23-2)6-4-12/h3-6,11,17H,7-10H2,1-2H3,(H,18,21)(H,19,20). The van der Waals surface area contributed by atoms with Gasteiger partial charge in [0.05, 0.1) is 13.7 Å². The van der Waals surface area contributed by atoms with Crippen LogP contribution in [-0.2, 0) is 4.74 Å². The number of hydrogen-bond acceptors (Lipinski definition) is 7. The number of carbonyl (C=O) groups excluding carboxylic acids is 1. The maximum absolute atomic E-state index is 12.0. The summed E-state index contributed by atoms with van der Waals surface area (Å²) in [5.74, 6) is 0.612. The molecule has 7 nitrogen and oxygen atoms in total. The van der Waals surface area contributed by atoms with Crippen LogP contribution in [0.2, 0.25) is 0 Å². The first-order chi connectivity index (χ1) is 11.7.